The van der Waals surface area contributed by atoms with Gasteiger partial charge < -0.3 is 10.2 Å². The highest BCUT2D eigenvalue weighted by Gasteiger charge is 2.09. The van der Waals surface area contributed by atoms with Crippen LogP contribution in [-0.2, 0) is 16.5 Å². The van der Waals surface area contributed by atoms with E-state index in [-0.39, 0.29) is 12.2 Å². The number of aromatic hydroxyl groups is 1. The van der Waals surface area contributed by atoms with Gasteiger partial charge in [-0.25, -0.2) is 0 Å². The molecular weight excluding hydrogens is 316 g/mol. The lowest BCUT2D eigenvalue weighted by Gasteiger charge is -2.06. The average Bonchev–Trinajstić information content (AvgIpc) is 2.10. The second-order valence-electron chi connectivity index (χ2n) is 2.79. The number of hydrogen-bond acceptors (Lipinski definition) is 2. The smallest absolute Gasteiger partial charge is 0.307 e. The minimum absolute atomic E-state index is 0.0428. The molecule has 0 radical (unpaired) electrons. The lowest BCUT2D eigenvalue weighted by Crippen LogP contribution is -2.00. The summed E-state index contributed by atoms with van der Waals surface area (Å²) in [4.78, 5) is 10.5. The van der Waals surface area contributed by atoms with Gasteiger partial charge in [0.15, 0.2) is 0 Å². The maximum Gasteiger partial charge on any atom is 0.307 e. The Labute approximate surface area is 98.0 Å². The summed E-state index contributed by atoms with van der Waals surface area (Å²) >= 11 is 6.38. The SMILES string of the molecule is O=C(O)Cc1cc(Br)c(O)c(CBr)c1. The summed E-state index contributed by atoms with van der Waals surface area (Å²) in [6, 6.07) is 3.28. The van der Waals surface area contributed by atoms with Gasteiger partial charge in [0, 0.05) is 10.9 Å². The molecule has 1 rings (SSSR count). The van der Waals surface area contributed by atoms with Crippen LogP contribution in [0.15, 0.2) is 16.6 Å². The van der Waals surface area contributed by atoms with Crippen LogP contribution in [0.25, 0.3) is 0 Å². The molecule has 1 aromatic rings. The number of alkyl halides is 1. The largest absolute Gasteiger partial charge is 0.506 e. The molecule has 0 heterocycles. The van der Waals surface area contributed by atoms with Gasteiger partial charge in [-0.1, -0.05) is 22.0 Å². The zero-order chi connectivity index (χ0) is 10.7. The summed E-state index contributed by atoms with van der Waals surface area (Å²) in [6.45, 7) is 0. The van der Waals surface area contributed by atoms with Gasteiger partial charge in [0.2, 0.25) is 0 Å². The van der Waals surface area contributed by atoms with E-state index in [1.54, 1.807) is 12.1 Å². The maximum absolute atomic E-state index is 10.5. The summed E-state index contributed by atoms with van der Waals surface area (Å²) in [5, 5.41) is 18.6. The molecule has 3 nitrogen and oxygen atoms in total. The number of carbonyl (C=O) groups is 1. The van der Waals surface area contributed by atoms with Crippen molar-refractivity contribution >= 4 is 37.8 Å². The van der Waals surface area contributed by atoms with Gasteiger partial charge in [0.05, 0.1) is 10.9 Å². The van der Waals surface area contributed by atoms with Crippen LogP contribution in [0.1, 0.15) is 11.1 Å². The van der Waals surface area contributed by atoms with Crippen molar-refractivity contribution in [3.63, 3.8) is 0 Å². The summed E-state index contributed by atoms with van der Waals surface area (Å²) in [5.74, 6) is -0.737. The highest BCUT2D eigenvalue weighted by molar-refractivity contribution is 9.10. The Morgan fingerprint density at radius 2 is 2.07 bits per heavy atom. The topological polar surface area (TPSA) is 57.5 Å². The maximum atomic E-state index is 10.5. The molecule has 0 fully saturated rings. The van der Waals surface area contributed by atoms with Gasteiger partial charge in [0.1, 0.15) is 5.75 Å². The molecule has 0 spiro atoms. The Morgan fingerprint density at radius 1 is 1.43 bits per heavy atom. The molecular formula is C9H8Br2O3. The molecule has 76 valence electrons. The van der Waals surface area contributed by atoms with Crippen LogP contribution in [-0.4, -0.2) is 16.2 Å². The fourth-order valence-electron chi connectivity index (χ4n) is 1.10. The molecule has 1 aromatic carbocycles. The van der Waals surface area contributed by atoms with Crippen molar-refractivity contribution in [2.45, 2.75) is 11.8 Å². The summed E-state index contributed by atoms with van der Waals surface area (Å²) in [5.41, 5.74) is 1.34. The third kappa shape index (κ3) is 2.72. The number of hydrogen-bond donors (Lipinski definition) is 2. The molecule has 0 unspecified atom stereocenters. The number of carboxylic acid groups (broad SMARTS) is 1. The number of benzene rings is 1. The van der Waals surface area contributed by atoms with E-state index in [0.29, 0.717) is 20.9 Å². The second kappa shape index (κ2) is 4.79. The number of carboxylic acids is 1. The molecule has 5 heteroatoms. The summed E-state index contributed by atoms with van der Waals surface area (Å²) < 4.78 is 0.519. The van der Waals surface area contributed by atoms with Crippen molar-refractivity contribution in [2.75, 3.05) is 0 Å². The van der Waals surface area contributed by atoms with E-state index >= 15 is 0 Å². The van der Waals surface area contributed by atoms with Crippen LogP contribution in [0.2, 0.25) is 0 Å². The number of aliphatic carboxylic acids is 1. The molecule has 0 bridgehead atoms. The van der Waals surface area contributed by atoms with E-state index in [1.807, 2.05) is 0 Å². The number of rotatable bonds is 3. The van der Waals surface area contributed by atoms with Crippen molar-refractivity contribution in [3.8, 4) is 5.75 Å². The molecule has 0 aliphatic rings. The van der Waals surface area contributed by atoms with E-state index in [2.05, 4.69) is 31.9 Å². The Balaban J connectivity index is 3.09. The Kier molecular flexibility index (Phi) is 3.95. The molecule has 2 N–H and O–H groups in total. The molecule has 0 atom stereocenters. The van der Waals surface area contributed by atoms with Gasteiger partial charge in [-0.2, -0.15) is 0 Å². The number of phenols is 1. The minimum atomic E-state index is -0.886. The highest BCUT2D eigenvalue weighted by atomic mass is 79.9. The van der Waals surface area contributed by atoms with Crippen LogP contribution in [0.5, 0.6) is 5.75 Å². The summed E-state index contributed by atoms with van der Waals surface area (Å²) in [6.07, 6.45) is -0.0428. The van der Waals surface area contributed by atoms with E-state index < -0.39 is 5.97 Å². The van der Waals surface area contributed by atoms with Gasteiger partial charge >= 0.3 is 5.97 Å². The van der Waals surface area contributed by atoms with Crippen molar-refractivity contribution in [3.05, 3.63) is 27.7 Å². The third-order valence-electron chi connectivity index (χ3n) is 1.70. The third-order valence-corrected chi connectivity index (χ3v) is 2.91. The molecule has 0 saturated carbocycles. The zero-order valence-corrected chi connectivity index (χ0v) is 10.3. The van der Waals surface area contributed by atoms with Gasteiger partial charge in [-0.05, 0) is 27.6 Å². The molecule has 0 aromatic heterocycles. The zero-order valence-electron chi connectivity index (χ0n) is 7.13. The summed E-state index contributed by atoms with van der Waals surface area (Å²) in [7, 11) is 0. The van der Waals surface area contributed by atoms with E-state index in [0.717, 1.165) is 0 Å². The molecule has 0 aliphatic heterocycles. The average molecular weight is 324 g/mol. The first-order chi connectivity index (χ1) is 6.54. The van der Waals surface area contributed by atoms with Crippen molar-refractivity contribution in [2.24, 2.45) is 0 Å². The number of halogens is 2. The van der Waals surface area contributed by atoms with Crippen LogP contribution < -0.4 is 0 Å². The van der Waals surface area contributed by atoms with Crippen molar-refractivity contribution in [1.29, 1.82) is 0 Å². The van der Waals surface area contributed by atoms with Crippen molar-refractivity contribution in [1.82, 2.24) is 0 Å². The van der Waals surface area contributed by atoms with E-state index in [1.165, 1.54) is 0 Å². The lowest BCUT2D eigenvalue weighted by atomic mass is 10.1. The van der Waals surface area contributed by atoms with Crippen molar-refractivity contribution < 1.29 is 15.0 Å². The first-order valence-electron chi connectivity index (χ1n) is 3.82. The van der Waals surface area contributed by atoms with Gasteiger partial charge in [-0.3, -0.25) is 4.79 Å². The standard InChI is InChI=1S/C9H8Br2O3/c10-4-6-1-5(3-8(12)13)2-7(11)9(6)14/h1-2,14H,3-4H2,(H,12,13). The van der Waals surface area contributed by atoms with Crippen LogP contribution >= 0.6 is 31.9 Å². The fraction of sp³-hybridized carbons (Fsp3) is 0.222. The Morgan fingerprint density at radius 3 is 2.57 bits per heavy atom. The quantitative estimate of drug-likeness (QED) is 0.841. The minimum Gasteiger partial charge on any atom is -0.506 e. The molecule has 14 heavy (non-hydrogen) atoms. The van der Waals surface area contributed by atoms with E-state index in [9.17, 15) is 9.90 Å². The Bertz CT molecular complexity index is 363. The molecule has 0 aliphatic carbocycles. The van der Waals surface area contributed by atoms with E-state index in [4.69, 9.17) is 5.11 Å². The predicted molar refractivity (Wildman–Crippen MR) is 59.8 cm³/mol. The second-order valence-corrected chi connectivity index (χ2v) is 4.20. The lowest BCUT2D eigenvalue weighted by molar-refractivity contribution is -0.136. The highest BCUT2D eigenvalue weighted by Crippen LogP contribution is 2.31. The first kappa shape index (κ1) is 11.5. The van der Waals surface area contributed by atoms with Gasteiger partial charge in [-0.15, -0.1) is 0 Å². The van der Waals surface area contributed by atoms with Crippen LogP contribution in [0.3, 0.4) is 0 Å². The predicted octanol–water partition coefficient (Wildman–Crippen LogP) is 2.68. The fourth-order valence-corrected chi connectivity index (χ4v) is 2.07. The monoisotopic (exact) mass is 322 g/mol. The first-order valence-corrected chi connectivity index (χ1v) is 5.74. The molecule has 0 amide bonds. The molecule has 0 saturated heterocycles. The van der Waals surface area contributed by atoms with Gasteiger partial charge in [0.25, 0.3) is 0 Å². The number of phenolic OH excluding ortho intramolecular Hbond substituents is 1. The van der Waals surface area contributed by atoms with Crippen LogP contribution in [0, 0.1) is 0 Å². The normalized spacial score (nSPS) is 10.1. The van der Waals surface area contributed by atoms with Crippen LogP contribution in [0.4, 0.5) is 0 Å². The Hall–Kier alpha value is -0.550.